The highest BCUT2D eigenvalue weighted by molar-refractivity contribution is 5.65. The maximum atomic E-state index is 5.90. The lowest BCUT2D eigenvalue weighted by atomic mass is 9.72. The van der Waals surface area contributed by atoms with Gasteiger partial charge in [-0.2, -0.15) is 0 Å². The van der Waals surface area contributed by atoms with Crippen LogP contribution in [0.4, 0.5) is 0 Å². The Morgan fingerprint density at radius 2 is 1.50 bits per heavy atom. The first-order valence-electron chi connectivity index (χ1n) is 10.5. The minimum atomic E-state index is 0.140. The van der Waals surface area contributed by atoms with Gasteiger partial charge in [0.1, 0.15) is 11.5 Å². The van der Waals surface area contributed by atoms with Crippen LogP contribution in [0.3, 0.4) is 0 Å². The number of hydrogen-bond donors (Lipinski definition) is 0. The Morgan fingerprint density at radius 3 is 2.18 bits per heavy atom. The van der Waals surface area contributed by atoms with Crippen molar-refractivity contribution in [2.75, 3.05) is 14.2 Å². The lowest BCUT2D eigenvalue weighted by Crippen LogP contribution is -2.24. The smallest absolute Gasteiger partial charge is 0.122 e. The molecule has 142 valence electrons. The maximum Gasteiger partial charge on any atom is 0.122 e. The van der Waals surface area contributed by atoms with E-state index in [-0.39, 0.29) is 5.41 Å². The zero-order valence-corrected chi connectivity index (χ0v) is 16.7. The number of aryl methyl sites for hydroxylation is 2. The molecule has 0 saturated heterocycles. The summed E-state index contributed by atoms with van der Waals surface area (Å²) in [4.78, 5) is 0. The van der Waals surface area contributed by atoms with Gasteiger partial charge in [0.2, 0.25) is 0 Å². The standard InChI is InChI=1S/C26H26O2/c1-27-22-8-6-16-10-12-26-13-11-17-7-9-23(28-2)21(25(17)26)15-19-5-3-4-18(19)14-20(22)24(16)26/h3-9,18H,10-15H2,1-2H3. The SMILES string of the molecule is COc1ccc2c3c1CC1=CC=CC1Cc1c(OC)ccc4c1C3(CC2)CC4. The van der Waals surface area contributed by atoms with Gasteiger partial charge in [-0.25, -0.2) is 0 Å². The molecule has 0 fully saturated rings. The van der Waals surface area contributed by atoms with Crippen LogP contribution in [-0.4, -0.2) is 14.2 Å². The normalized spacial score (nSPS) is 25.9. The van der Waals surface area contributed by atoms with Gasteiger partial charge in [-0.05, 0) is 78.5 Å². The third kappa shape index (κ3) is 1.98. The second kappa shape index (κ2) is 5.76. The molecule has 0 aromatic heterocycles. The first-order chi connectivity index (χ1) is 13.7. The van der Waals surface area contributed by atoms with E-state index in [9.17, 15) is 0 Å². The van der Waals surface area contributed by atoms with E-state index < -0.39 is 0 Å². The van der Waals surface area contributed by atoms with Gasteiger partial charge in [0, 0.05) is 16.9 Å². The zero-order valence-electron chi connectivity index (χ0n) is 16.7. The summed E-state index contributed by atoms with van der Waals surface area (Å²) in [5.41, 5.74) is 10.8. The summed E-state index contributed by atoms with van der Waals surface area (Å²) in [6.07, 6.45) is 13.8. The van der Waals surface area contributed by atoms with Gasteiger partial charge in [-0.1, -0.05) is 35.9 Å². The summed E-state index contributed by atoms with van der Waals surface area (Å²) >= 11 is 0. The van der Waals surface area contributed by atoms with Crippen molar-refractivity contribution in [1.29, 1.82) is 0 Å². The average Bonchev–Trinajstić information content (AvgIpc) is 3.41. The Balaban J connectivity index is 1.72. The van der Waals surface area contributed by atoms with Crippen molar-refractivity contribution in [2.24, 2.45) is 5.92 Å². The Morgan fingerprint density at radius 1 is 0.857 bits per heavy atom. The molecular formula is C26H26O2. The van der Waals surface area contributed by atoms with E-state index in [1.54, 1.807) is 11.1 Å². The molecular weight excluding hydrogens is 344 g/mol. The van der Waals surface area contributed by atoms with E-state index in [1.807, 2.05) is 14.2 Å². The topological polar surface area (TPSA) is 18.5 Å². The highest BCUT2D eigenvalue weighted by Crippen LogP contribution is 2.58. The van der Waals surface area contributed by atoms with Crippen LogP contribution in [0.25, 0.3) is 0 Å². The molecule has 4 aliphatic rings. The Labute approximate surface area is 166 Å². The summed E-state index contributed by atoms with van der Waals surface area (Å²) in [6.45, 7) is 0. The monoisotopic (exact) mass is 370 g/mol. The molecule has 2 heteroatoms. The molecule has 2 aromatic carbocycles. The number of allylic oxidation sites excluding steroid dienone is 4. The minimum absolute atomic E-state index is 0.140. The predicted molar refractivity (Wildman–Crippen MR) is 112 cm³/mol. The molecule has 0 aliphatic heterocycles. The summed E-state index contributed by atoms with van der Waals surface area (Å²) in [7, 11) is 3.65. The molecule has 1 spiro atoms. The van der Waals surface area contributed by atoms with E-state index >= 15 is 0 Å². The van der Waals surface area contributed by atoms with E-state index in [0.717, 1.165) is 24.3 Å². The van der Waals surface area contributed by atoms with Crippen LogP contribution in [-0.2, 0) is 31.1 Å². The van der Waals surface area contributed by atoms with Gasteiger partial charge in [0.05, 0.1) is 14.2 Å². The zero-order chi connectivity index (χ0) is 18.9. The van der Waals surface area contributed by atoms with E-state index in [1.165, 1.54) is 53.5 Å². The minimum Gasteiger partial charge on any atom is -0.496 e. The maximum absolute atomic E-state index is 5.90. The van der Waals surface area contributed by atoms with Crippen molar-refractivity contribution < 1.29 is 9.47 Å². The molecule has 0 amide bonds. The molecule has 2 unspecified atom stereocenters. The second-order valence-corrected chi connectivity index (χ2v) is 8.76. The molecule has 2 nitrogen and oxygen atoms in total. The van der Waals surface area contributed by atoms with Gasteiger partial charge in [0.25, 0.3) is 0 Å². The summed E-state index contributed by atoms with van der Waals surface area (Å²) in [5, 5.41) is 0. The third-order valence-corrected chi connectivity index (χ3v) is 7.69. The fourth-order valence-corrected chi connectivity index (χ4v) is 6.54. The van der Waals surface area contributed by atoms with Crippen molar-refractivity contribution in [2.45, 2.75) is 43.9 Å². The Hall–Kier alpha value is -2.48. The third-order valence-electron chi connectivity index (χ3n) is 7.69. The molecule has 6 rings (SSSR count). The quantitative estimate of drug-likeness (QED) is 0.733. The summed E-state index contributed by atoms with van der Waals surface area (Å²) in [5.74, 6) is 2.59. The van der Waals surface area contributed by atoms with Crippen LogP contribution in [0.15, 0.2) is 48.1 Å². The van der Waals surface area contributed by atoms with Crippen LogP contribution in [0, 0.1) is 5.92 Å². The van der Waals surface area contributed by atoms with Gasteiger partial charge in [-0.15, -0.1) is 0 Å². The Kier molecular flexibility index (Phi) is 3.39. The molecule has 0 N–H and O–H groups in total. The summed E-state index contributed by atoms with van der Waals surface area (Å²) < 4.78 is 11.8. The lowest BCUT2D eigenvalue weighted by Gasteiger charge is -2.31. The molecule has 2 atom stereocenters. The van der Waals surface area contributed by atoms with Gasteiger partial charge >= 0.3 is 0 Å². The van der Waals surface area contributed by atoms with Crippen molar-refractivity contribution in [3.05, 3.63) is 81.4 Å². The molecule has 4 aliphatic carbocycles. The van der Waals surface area contributed by atoms with Crippen LogP contribution in [0.2, 0.25) is 0 Å². The van der Waals surface area contributed by atoms with Crippen LogP contribution in [0.1, 0.15) is 46.2 Å². The van der Waals surface area contributed by atoms with Gasteiger partial charge in [0.15, 0.2) is 0 Å². The van der Waals surface area contributed by atoms with Crippen molar-refractivity contribution in [3.8, 4) is 11.5 Å². The van der Waals surface area contributed by atoms with Crippen LogP contribution >= 0.6 is 0 Å². The lowest BCUT2D eigenvalue weighted by molar-refractivity contribution is 0.404. The van der Waals surface area contributed by atoms with Gasteiger partial charge < -0.3 is 9.47 Å². The average molecular weight is 370 g/mol. The molecule has 0 radical (unpaired) electrons. The number of methoxy groups -OCH3 is 2. The predicted octanol–water partition coefficient (Wildman–Crippen LogP) is 5.09. The molecule has 0 saturated carbocycles. The van der Waals surface area contributed by atoms with Gasteiger partial charge in [-0.3, -0.25) is 0 Å². The number of benzene rings is 2. The largest absolute Gasteiger partial charge is 0.496 e. The fourth-order valence-electron chi connectivity index (χ4n) is 6.54. The van der Waals surface area contributed by atoms with E-state index in [0.29, 0.717) is 5.92 Å². The highest BCUT2D eigenvalue weighted by Gasteiger charge is 2.49. The number of ether oxygens (including phenoxy) is 2. The van der Waals surface area contributed by atoms with Crippen molar-refractivity contribution >= 4 is 0 Å². The van der Waals surface area contributed by atoms with Crippen LogP contribution < -0.4 is 9.47 Å². The number of hydrogen-bond acceptors (Lipinski definition) is 2. The molecule has 2 aromatic rings. The Bertz CT molecular complexity index is 1050. The molecule has 0 heterocycles. The summed E-state index contributed by atoms with van der Waals surface area (Å²) in [6, 6.07) is 9.05. The van der Waals surface area contributed by atoms with E-state index in [4.69, 9.17) is 9.47 Å². The number of rotatable bonds is 2. The van der Waals surface area contributed by atoms with E-state index in [2.05, 4.69) is 42.5 Å². The first-order valence-corrected chi connectivity index (χ1v) is 10.5. The van der Waals surface area contributed by atoms with Crippen LogP contribution in [0.5, 0.6) is 11.5 Å². The molecule has 0 bridgehead atoms. The first kappa shape index (κ1) is 16.5. The highest BCUT2D eigenvalue weighted by atomic mass is 16.5. The van der Waals surface area contributed by atoms with Crippen molar-refractivity contribution in [1.82, 2.24) is 0 Å². The number of fused-ring (bicyclic) bond motifs is 1. The molecule has 28 heavy (non-hydrogen) atoms. The second-order valence-electron chi connectivity index (χ2n) is 8.76. The van der Waals surface area contributed by atoms with Crippen molar-refractivity contribution in [3.63, 3.8) is 0 Å². The fraction of sp³-hybridized carbons (Fsp3) is 0.385.